The van der Waals surface area contributed by atoms with Gasteiger partial charge in [0, 0.05) is 17.8 Å². The van der Waals surface area contributed by atoms with Crippen molar-refractivity contribution in [2.45, 2.75) is 33.7 Å². The van der Waals surface area contributed by atoms with Crippen LogP contribution in [0.15, 0.2) is 18.2 Å². The maximum Gasteiger partial charge on any atom is 0.338 e. The van der Waals surface area contributed by atoms with Crippen LogP contribution in [0.3, 0.4) is 0 Å². The predicted molar refractivity (Wildman–Crippen MR) is 74.3 cm³/mol. The maximum absolute atomic E-state index is 13.5. The zero-order valence-electron chi connectivity index (χ0n) is 11.8. The summed E-state index contributed by atoms with van der Waals surface area (Å²) in [6, 6.07) is 4.15. The number of halogens is 1. The molecule has 0 spiro atoms. The van der Waals surface area contributed by atoms with E-state index in [0.717, 1.165) is 29.9 Å². The van der Waals surface area contributed by atoms with Crippen LogP contribution in [0.5, 0.6) is 0 Å². The van der Waals surface area contributed by atoms with Gasteiger partial charge in [0.2, 0.25) is 0 Å². The Bertz CT molecular complexity index is 662. The molecule has 0 amide bonds. The third kappa shape index (κ3) is 2.43. The number of aromatic carboxylic acids is 1. The minimum absolute atomic E-state index is 0.315. The molecule has 1 heterocycles. The highest BCUT2D eigenvalue weighted by Gasteiger charge is 2.17. The lowest BCUT2D eigenvalue weighted by atomic mass is 10.0. The Morgan fingerprint density at radius 3 is 2.70 bits per heavy atom. The van der Waals surface area contributed by atoms with Crippen LogP contribution in [0.25, 0.3) is 11.1 Å². The van der Waals surface area contributed by atoms with E-state index in [-0.39, 0.29) is 5.56 Å². The van der Waals surface area contributed by atoms with Crippen molar-refractivity contribution in [3.05, 3.63) is 41.0 Å². The molecule has 0 fully saturated rings. The Labute approximate surface area is 116 Å². The highest BCUT2D eigenvalue weighted by molar-refractivity contribution is 5.90. The smallest absolute Gasteiger partial charge is 0.338 e. The summed E-state index contributed by atoms with van der Waals surface area (Å²) in [5, 5.41) is 13.5. The molecule has 0 aliphatic rings. The number of rotatable bonds is 4. The van der Waals surface area contributed by atoms with Crippen molar-refractivity contribution in [3.8, 4) is 11.1 Å². The van der Waals surface area contributed by atoms with E-state index in [1.165, 1.54) is 12.1 Å². The van der Waals surface area contributed by atoms with Gasteiger partial charge in [-0.2, -0.15) is 5.10 Å². The second-order valence-corrected chi connectivity index (χ2v) is 4.77. The molecule has 0 saturated carbocycles. The summed E-state index contributed by atoms with van der Waals surface area (Å²) < 4.78 is 15.4. The Morgan fingerprint density at radius 1 is 1.40 bits per heavy atom. The van der Waals surface area contributed by atoms with E-state index in [0.29, 0.717) is 5.56 Å². The first-order valence-electron chi connectivity index (χ1n) is 6.53. The molecule has 2 rings (SSSR count). The second kappa shape index (κ2) is 5.45. The Balaban J connectivity index is 2.57. The molecule has 0 unspecified atom stereocenters. The van der Waals surface area contributed by atoms with Crippen molar-refractivity contribution in [2.24, 2.45) is 0 Å². The number of aryl methyl sites for hydroxylation is 2. The Morgan fingerprint density at radius 2 is 2.10 bits per heavy atom. The summed E-state index contributed by atoms with van der Waals surface area (Å²) in [5.41, 5.74) is 3.03. The lowest BCUT2D eigenvalue weighted by Crippen LogP contribution is -2.02. The van der Waals surface area contributed by atoms with E-state index in [2.05, 4.69) is 12.0 Å². The van der Waals surface area contributed by atoms with Gasteiger partial charge in [0.05, 0.1) is 11.3 Å². The van der Waals surface area contributed by atoms with Gasteiger partial charge in [0.1, 0.15) is 5.82 Å². The second-order valence-electron chi connectivity index (χ2n) is 4.77. The molecule has 1 aromatic carbocycles. The fourth-order valence-corrected chi connectivity index (χ4v) is 2.39. The number of hydrogen-bond acceptors (Lipinski definition) is 2. The van der Waals surface area contributed by atoms with Crippen molar-refractivity contribution in [1.82, 2.24) is 9.78 Å². The molecule has 0 radical (unpaired) electrons. The zero-order chi connectivity index (χ0) is 14.9. The number of benzene rings is 1. The number of carboxylic acids is 1. The monoisotopic (exact) mass is 276 g/mol. The molecule has 4 nitrogen and oxygen atoms in total. The number of carbonyl (C=O) groups is 1. The molecule has 0 aliphatic carbocycles. The van der Waals surface area contributed by atoms with Crippen LogP contribution in [-0.4, -0.2) is 20.9 Å². The molecule has 5 heteroatoms. The van der Waals surface area contributed by atoms with Crippen molar-refractivity contribution >= 4 is 5.97 Å². The lowest BCUT2D eigenvalue weighted by molar-refractivity contribution is 0.0692. The van der Waals surface area contributed by atoms with Crippen LogP contribution >= 0.6 is 0 Å². The normalized spacial score (nSPS) is 10.8. The van der Waals surface area contributed by atoms with Crippen LogP contribution in [0.1, 0.15) is 35.1 Å². The maximum atomic E-state index is 13.5. The van der Waals surface area contributed by atoms with Crippen molar-refractivity contribution < 1.29 is 14.3 Å². The topological polar surface area (TPSA) is 55.1 Å². The van der Waals surface area contributed by atoms with E-state index in [1.807, 2.05) is 18.5 Å². The van der Waals surface area contributed by atoms with Gasteiger partial charge in [-0.15, -0.1) is 0 Å². The summed E-state index contributed by atoms with van der Waals surface area (Å²) >= 11 is 0. The summed E-state index contributed by atoms with van der Waals surface area (Å²) in [4.78, 5) is 11.0. The highest BCUT2D eigenvalue weighted by Crippen LogP contribution is 2.28. The van der Waals surface area contributed by atoms with Crippen molar-refractivity contribution in [1.29, 1.82) is 0 Å². The van der Waals surface area contributed by atoms with Gasteiger partial charge in [-0.1, -0.05) is 13.0 Å². The fraction of sp³-hybridized carbons (Fsp3) is 0.333. The lowest BCUT2D eigenvalue weighted by Gasteiger charge is -2.06. The minimum Gasteiger partial charge on any atom is -0.478 e. The van der Waals surface area contributed by atoms with Gasteiger partial charge in [-0.25, -0.2) is 9.18 Å². The standard InChI is InChI=1S/C15H17FN2O2/c1-4-7-18-10(3)14(9(2)17-18)11-5-6-13(16)12(8-11)15(19)20/h5-6,8H,4,7H2,1-3H3,(H,19,20). The molecule has 1 N–H and O–H groups in total. The molecule has 20 heavy (non-hydrogen) atoms. The fourth-order valence-electron chi connectivity index (χ4n) is 2.39. The third-order valence-electron chi connectivity index (χ3n) is 3.30. The zero-order valence-corrected chi connectivity index (χ0v) is 11.8. The van der Waals surface area contributed by atoms with E-state index in [9.17, 15) is 9.18 Å². The van der Waals surface area contributed by atoms with Gasteiger partial charge in [-0.3, -0.25) is 4.68 Å². The highest BCUT2D eigenvalue weighted by atomic mass is 19.1. The van der Waals surface area contributed by atoms with Crippen molar-refractivity contribution in [3.63, 3.8) is 0 Å². The molecule has 0 atom stereocenters. The van der Waals surface area contributed by atoms with E-state index in [1.54, 1.807) is 6.07 Å². The number of nitrogens with zero attached hydrogens (tertiary/aromatic N) is 2. The summed E-state index contributed by atoms with van der Waals surface area (Å²) in [6.07, 6.45) is 0.963. The number of carboxylic acid groups (broad SMARTS) is 1. The Kier molecular flexibility index (Phi) is 3.88. The first kappa shape index (κ1) is 14.2. The van der Waals surface area contributed by atoms with E-state index < -0.39 is 11.8 Å². The van der Waals surface area contributed by atoms with Crippen LogP contribution in [0.4, 0.5) is 4.39 Å². The summed E-state index contributed by atoms with van der Waals surface area (Å²) in [5.74, 6) is -1.99. The van der Waals surface area contributed by atoms with Gasteiger partial charge >= 0.3 is 5.97 Å². The largest absolute Gasteiger partial charge is 0.478 e. The Hall–Kier alpha value is -2.17. The van der Waals surface area contributed by atoms with Gasteiger partial charge in [-0.05, 0) is 38.0 Å². The van der Waals surface area contributed by atoms with Crippen LogP contribution in [0.2, 0.25) is 0 Å². The van der Waals surface area contributed by atoms with Gasteiger partial charge in [0.15, 0.2) is 0 Å². The first-order valence-corrected chi connectivity index (χ1v) is 6.53. The van der Waals surface area contributed by atoms with E-state index >= 15 is 0 Å². The van der Waals surface area contributed by atoms with E-state index in [4.69, 9.17) is 5.11 Å². The summed E-state index contributed by atoms with van der Waals surface area (Å²) in [6.45, 7) is 6.68. The average molecular weight is 276 g/mol. The average Bonchev–Trinajstić information content (AvgIpc) is 2.66. The van der Waals surface area contributed by atoms with Crippen LogP contribution < -0.4 is 0 Å². The van der Waals surface area contributed by atoms with Gasteiger partial charge in [0.25, 0.3) is 0 Å². The first-order chi connectivity index (χ1) is 9.45. The third-order valence-corrected chi connectivity index (χ3v) is 3.30. The van der Waals surface area contributed by atoms with Crippen LogP contribution in [-0.2, 0) is 6.54 Å². The van der Waals surface area contributed by atoms with Crippen molar-refractivity contribution in [2.75, 3.05) is 0 Å². The quantitative estimate of drug-likeness (QED) is 0.931. The molecule has 1 aromatic heterocycles. The SMILES string of the molecule is CCCn1nc(C)c(-c2ccc(F)c(C(=O)O)c2)c1C. The molecule has 106 valence electrons. The molecule has 0 aliphatic heterocycles. The molecule has 2 aromatic rings. The molecule has 0 bridgehead atoms. The number of hydrogen-bond donors (Lipinski definition) is 1. The summed E-state index contributed by atoms with van der Waals surface area (Å²) in [7, 11) is 0. The predicted octanol–water partition coefficient (Wildman–Crippen LogP) is 3.41. The van der Waals surface area contributed by atoms with Crippen LogP contribution in [0, 0.1) is 19.7 Å². The molecular formula is C15H17FN2O2. The molecule has 0 saturated heterocycles. The molecular weight excluding hydrogens is 259 g/mol. The van der Waals surface area contributed by atoms with Gasteiger partial charge < -0.3 is 5.11 Å². The minimum atomic E-state index is -1.26. The number of aromatic nitrogens is 2.